The molecule has 1 fully saturated rings. The zero-order valence-corrected chi connectivity index (χ0v) is 12.9. The first-order chi connectivity index (χ1) is 10.3. The molecule has 0 radical (unpaired) electrons. The van der Waals surface area contributed by atoms with E-state index in [2.05, 4.69) is 40.5 Å². The lowest BCUT2D eigenvalue weighted by Crippen LogP contribution is -2.54. The van der Waals surface area contributed by atoms with Crippen molar-refractivity contribution in [1.29, 1.82) is 0 Å². The summed E-state index contributed by atoms with van der Waals surface area (Å²) in [7, 11) is 0. The SMILES string of the molecule is NCCCNC1(CCO)CCN(Cc2ccccc2)CC1. The van der Waals surface area contributed by atoms with Gasteiger partial charge in [-0.1, -0.05) is 30.3 Å². The predicted octanol–water partition coefficient (Wildman–Crippen LogP) is 1.34. The molecule has 0 aromatic heterocycles. The van der Waals surface area contributed by atoms with E-state index in [1.165, 1.54) is 5.56 Å². The molecule has 1 aliphatic heterocycles. The highest BCUT2D eigenvalue weighted by atomic mass is 16.3. The van der Waals surface area contributed by atoms with Gasteiger partial charge in [-0.2, -0.15) is 0 Å². The molecule has 4 N–H and O–H groups in total. The lowest BCUT2D eigenvalue weighted by atomic mass is 9.84. The molecule has 0 atom stereocenters. The molecular weight excluding hydrogens is 262 g/mol. The minimum atomic E-state index is 0.108. The molecule has 0 aliphatic carbocycles. The number of likely N-dealkylation sites (tertiary alicyclic amines) is 1. The van der Waals surface area contributed by atoms with E-state index in [4.69, 9.17) is 5.73 Å². The Bertz CT molecular complexity index is 388. The average molecular weight is 291 g/mol. The molecule has 1 aromatic carbocycles. The monoisotopic (exact) mass is 291 g/mol. The molecule has 118 valence electrons. The summed E-state index contributed by atoms with van der Waals surface area (Å²) in [6, 6.07) is 10.6. The van der Waals surface area contributed by atoms with Crippen molar-refractivity contribution in [3.05, 3.63) is 35.9 Å². The van der Waals surface area contributed by atoms with Crippen LogP contribution >= 0.6 is 0 Å². The van der Waals surface area contributed by atoms with Crippen LogP contribution in [0.3, 0.4) is 0 Å². The van der Waals surface area contributed by atoms with Gasteiger partial charge >= 0.3 is 0 Å². The molecule has 2 rings (SSSR count). The fraction of sp³-hybridized carbons (Fsp3) is 0.647. The Labute approximate surface area is 128 Å². The van der Waals surface area contributed by atoms with Gasteiger partial charge in [0, 0.05) is 31.8 Å². The molecule has 4 heteroatoms. The van der Waals surface area contributed by atoms with Crippen molar-refractivity contribution < 1.29 is 5.11 Å². The van der Waals surface area contributed by atoms with Crippen LogP contribution in [-0.2, 0) is 6.54 Å². The van der Waals surface area contributed by atoms with Gasteiger partial charge in [-0.05, 0) is 44.3 Å². The topological polar surface area (TPSA) is 61.5 Å². The summed E-state index contributed by atoms with van der Waals surface area (Å²) >= 11 is 0. The predicted molar refractivity (Wildman–Crippen MR) is 87.1 cm³/mol. The normalized spacial score (nSPS) is 18.8. The summed E-state index contributed by atoms with van der Waals surface area (Å²) < 4.78 is 0. The second-order valence-electron chi connectivity index (χ2n) is 6.08. The Hall–Kier alpha value is -0.940. The highest BCUT2D eigenvalue weighted by Gasteiger charge is 2.33. The number of aliphatic hydroxyl groups is 1. The van der Waals surface area contributed by atoms with Crippen LogP contribution < -0.4 is 11.1 Å². The molecular formula is C17H29N3O. The largest absolute Gasteiger partial charge is 0.396 e. The van der Waals surface area contributed by atoms with Crippen molar-refractivity contribution in [3.8, 4) is 0 Å². The number of rotatable bonds is 8. The minimum Gasteiger partial charge on any atom is -0.396 e. The number of nitrogens with zero attached hydrogens (tertiary/aromatic N) is 1. The van der Waals surface area contributed by atoms with E-state index in [-0.39, 0.29) is 12.1 Å². The second kappa shape index (κ2) is 8.49. The molecule has 0 saturated carbocycles. The molecule has 0 bridgehead atoms. The number of aliphatic hydroxyl groups excluding tert-OH is 1. The van der Waals surface area contributed by atoms with Crippen LogP contribution in [0.1, 0.15) is 31.2 Å². The smallest absolute Gasteiger partial charge is 0.0448 e. The van der Waals surface area contributed by atoms with Gasteiger partial charge in [0.15, 0.2) is 0 Å². The molecule has 1 aromatic rings. The number of hydrogen-bond donors (Lipinski definition) is 3. The van der Waals surface area contributed by atoms with E-state index in [0.29, 0.717) is 0 Å². The first-order valence-electron chi connectivity index (χ1n) is 8.10. The Balaban J connectivity index is 1.84. The van der Waals surface area contributed by atoms with Gasteiger partial charge in [-0.3, -0.25) is 4.90 Å². The highest BCUT2D eigenvalue weighted by molar-refractivity contribution is 5.14. The maximum Gasteiger partial charge on any atom is 0.0448 e. The van der Waals surface area contributed by atoms with E-state index >= 15 is 0 Å². The third-order valence-corrected chi connectivity index (χ3v) is 4.53. The van der Waals surface area contributed by atoms with Gasteiger partial charge in [-0.15, -0.1) is 0 Å². The van der Waals surface area contributed by atoms with Crippen LogP contribution in [0.15, 0.2) is 30.3 Å². The Kier molecular flexibility index (Phi) is 6.64. The average Bonchev–Trinajstić information content (AvgIpc) is 2.51. The van der Waals surface area contributed by atoms with Crippen molar-refractivity contribution in [1.82, 2.24) is 10.2 Å². The quantitative estimate of drug-likeness (QED) is 0.633. The third kappa shape index (κ3) is 5.08. The van der Waals surface area contributed by atoms with Gasteiger partial charge < -0.3 is 16.2 Å². The molecule has 0 unspecified atom stereocenters. The first kappa shape index (κ1) is 16.4. The van der Waals surface area contributed by atoms with E-state index in [1.807, 2.05) is 0 Å². The molecule has 1 heterocycles. The van der Waals surface area contributed by atoms with Crippen molar-refractivity contribution in [2.45, 2.75) is 37.8 Å². The van der Waals surface area contributed by atoms with Gasteiger partial charge in [0.1, 0.15) is 0 Å². The van der Waals surface area contributed by atoms with E-state index in [1.54, 1.807) is 0 Å². The summed E-state index contributed by atoms with van der Waals surface area (Å²) in [4.78, 5) is 2.51. The summed E-state index contributed by atoms with van der Waals surface area (Å²) in [6.07, 6.45) is 4.05. The molecule has 1 saturated heterocycles. The van der Waals surface area contributed by atoms with Gasteiger partial charge in [0.25, 0.3) is 0 Å². The van der Waals surface area contributed by atoms with Gasteiger partial charge in [0.05, 0.1) is 0 Å². The van der Waals surface area contributed by atoms with Crippen LogP contribution in [0.25, 0.3) is 0 Å². The number of benzene rings is 1. The summed E-state index contributed by atoms with van der Waals surface area (Å²) in [5.74, 6) is 0. The van der Waals surface area contributed by atoms with Gasteiger partial charge in [-0.25, -0.2) is 0 Å². The third-order valence-electron chi connectivity index (χ3n) is 4.53. The Morgan fingerprint density at radius 3 is 2.52 bits per heavy atom. The van der Waals surface area contributed by atoms with E-state index < -0.39 is 0 Å². The maximum absolute atomic E-state index is 9.36. The zero-order chi connectivity index (χ0) is 15.0. The van der Waals surface area contributed by atoms with Crippen LogP contribution in [0, 0.1) is 0 Å². The summed E-state index contributed by atoms with van der Waals surface area (Å²) in [5, 5.41) is 13.0. The highest BCUT2D eigenvalue weighted by Crippen LogP contribution is 2.26. The molecule has 0 amide bonds. The van der Waals surface area contributed by atoms with Crippen molar-refractivity contribution in [2.75, 3.05) is 32.8 Å². The number of nitrogens with two attached hydrogens (primary N) is 1. The number of hydrogen-bond acceptors (Lipinski definition) is 4. The van der Waals surface area contributed by atoms with Crippen LogP contribution in [-0.4, -0.2) is 48.3 Å². The van der Waals surface area contributed by atoms with E-state index in [9.17, 15) is 5.11 Å². The molecule has 21 heavy (non-hydrogen) atoms. The molecule has 4 nitrogen and oxygen atoms in total. The first-order valence-corrected chi connectivity index (χ1v) is 8.10. The Morgan fingerprint density at radius 2 is 1.90 bits per heavy atom. The van der Waals surface area contributed by atoms with Crippen molar-refractivity contribution >= 4 is 0 Å². The lowest BCUT2D eigenvalue weighted by molar-refractivity contribution is 0.104. The standard InChI is InChI=1S/C17H29N3O/c18-10-4-11-19-17(9-14-21)7-12-20(13-8-17)15-16-5-2-1-3-6-16/h1-3,5-6,19,21H,4,7-15,18H2. The second-order valence-corrected chi connectivity index (χ2v) is 6.08. The van der Waals surface area contributed by atoms with E-state index in [0.717, 1.165) is 58.4 Å². The fourth-order valence-corrected chi connectivity index (χ4v) is 3.17. The lowest BCUT2D eigenvalue weighted by Gasteiger charge is -2.42. The van der Waals surface area contributed by atoms with Crippen LogP contribution in [0.5, 0.6) is 0 Å². The zero-order valence-electron chi connectivity index (χ0n) is 12.9. The van der Waals surface area contributed by atoms with Gasteiger partial charge in [0.2, 0.25) is 0 Å². The molecule has 0 spiro atoms. The molecule has 1 aliphatic rings. The minimum absolute atomic E-state index is 0.108. The van der Waals surface area contributed by atoms with Crippen LogP contribution in [0.4, 0.5) is 0 Å². The number of nitrogens with one attached hydrogen (secondary N) is 1. The van der Waals surface area contributed by atoms with Crippen molar-refractivity contribution in [2.24, 2.45) is 5.73 Å². The Morgan fingerprint density at radius 1 is 1.19 bits per heavy atom. The maximum atomic E-state index is 9.36. The number of piperidine rings is 1. The summed E-state index contributed by atoms with van der Waals surface area (Å²) in [5.41, 5.74) is 7.06. The van der Waals surface area contributed by atoms with Crippen LogP contribution in [0.2, 0.25) is 0 Å². The van der Waals surface area contributed by atoms with Crippen molar-refractivity contribution in [3.63, 3.8) is 0 Å². The fourth-order valence-electron chi connectivity index (χ4n) is 3.17. The summed E-state index contributed by atoms with van der Waals surface area (Å²) in [6.45, 7) is 5.14.